The van der Waals surface area contributed by atoms with Gasteiger partial charge in [-0.15, -0.1) is 0 Å². The van der Waals surface area contributed by atoms with Gasteiger partial charge in [0.15, 0.2) is 0 Å². The molecule has 3 nitrogen and oxygen atoms in total. The number of alkyl halides is 3. The zero-order chi connectivity index (χ0) is 18.4. The Morgan fingerprint density at radius 3 is 2.35 bits per heavy atom. The van der Waals surface area contributed by atoms with Gasteiger partial charge < -0.3 is 5.11 Å². The van der Waals surface area contributed by atoms with E-state index in [4.69, 9.17) is 0 Å². The number of aromatic nitrogens is 1. The molecule has 2 saturated heterocycles. The number of rotatable bonds is 3. The second kappa shape index (κ2) is 6.35. The lowest BCUT2D eigenvalue weighted by molar-refractivity contribution is -0.141. The SMILES string of the molecule is OC1(c2ccnc(C(F)(F)F)c2)CC2CCC(C1)N2Cc1ccccc1. The molecule has 0 amide bonds. The maximum Gasteiger partial charge on any atom is 0.433 e. The van der Waals surface area contributed by atoms with Crippen LogP contribution in [-0.2, 0) is 18.3 Å². The van der Waals surface area contributed by atoms with Crippen molar-refractivity contribution in [3.8, 4) is 0 Å². The molecule has 2 atom stereocenters. The smallest absolute Gasteiger partial charge is 0.385 e. The molecule has 1 N–H and O–H groups in total. The summed E-state index contributed by atoms with van der Waals surface area (Å²) in [6.45, 7) is 0.816. The molecule has 2 fully saturated rings. The van der Waals surface area contributed by atoms with Gasteiger partial charge in [0.05, 0.1) is 5.60 Å². The lowest BCUT2D eigenvalue weighted by Crippen LogP contribution is -2.49. The molecule has 1 aromatic carbocycles. The third kappa shape index (κ3) is 3.23. The number of benzene rings is 1. The molecule has 2 bridgehead atoms. The fourth-order valence-corrected chi connectivity index (χ4v) is 4.48. The number of piperidine rings is 1. The Labute approximate surface area is 150 Å². The molecule has 2 aromatic rings. The summed E-state index contributed by atoms with van der Waals surface area (Å²) in [4.78, 5) is 5.81. The Kier molecular flexibility index (Phi) is 4.28. The molecule has 1 aromatic heterocycles. The third-order valence-corrected chi connectivity index (χ3v) is 5.71. The average molecular weight is 362 g/mol. The van der Waals surface area contributed by atoms with Gasteiger partial charge >= 0.3 is 6.18 Å². The molecule has 138 valence electrons. The van der Waals surface area contributed by atoms with E-state index >= 15 is 0 Å². The van der Waals surface area contributed by atoms with Crippen molar-refractivity contribution in [1.29, 1.82) is 0 Å². The summed E-state index contributed by atoms with van der Waals surface area (Å²) < 4.78 is 38.9. The van der Waals surface area contributed by atoms with Gasteiger partial charge in [-0.25, -0.2) is 0 Å². The molecular weight excluding hydrogens is 341 g/mol. The first-order valence-electron chi connectivity index (χ1n) is 8.91. The summed E-state index contributed by atoms with van der Waals surface area (Å²) >= 11 is 0. The average Bonchev–Trinajstić information content (AvgIpc) is 2.86. The number of nitrogens with zero attached hydrogens (tertiary/aromatic N) is 2. The number of halogens is 3. The molecule has 2 aliphatic rings. The summed E-state index contributed by atoms with van der Waals surface area (Å²) in [5.41, 5.74) is -0.612. The number of pyridine rings is 1. The van der Waals surface area contributed by atoms with Crippen molar-refractivity contribution in [1.82, 2.24) is 9.88 Å². The summed E-state index contributed by atoms with van der Waals surface area (Å²) in [6, 6.07) is 13.0. The lowest BCUT2D eigenvalue weighted by Gasteiger charge is -2.44. The zero-order valence-corrected chi connectivity index (χ0v) is 14.3. The van der Waals surface area contributed by atoms with Crippen LogP contribution in [0, 0.1) is 0 Å². The third-order valence-electron chi connectivity index (χ3n) is 5.71. The predicted molar refractivity (Wildman–Crippen MR) is 91.2 cm³/mol. The van der Waals surface area contributed by atoms with Crippen molar-refractivity contribution < 1.29 is 18.3 Å². The molecule has 0 radical (unpaired) electrons. The fraction of sp³-hybridized carbons (Fsp3) is 0.450. The minimum absolute atomic E-state index is 0.182. The van der Waals surface area contributed by atoms with Crippen LogP contribution >= 0.6 is 0 Å². The Morgan fingerprint density at radius 2 is 1.73 bits per heavy atom. The van der Waals surface area contributed by atoms with Crippen molar-refractivity contribution in [3.05, 3.63) is 65.5 Å². The van der Waals surface area contributed by atoms with Crippen LogP contribution in [0.2, 0.25) is 0 Å². The van der Waals surface area contributed by atoms with E-state index in [0.717, 1.165) is 31.6 Å². The van der Waals surface area contributed by atoms with Gasteiger partial charge in [0.1, 0.15) is 5.69 Å². The van der Waals surface area contributed by atoms with E-state index < -0.39 is 17.5 Å². The molecule has 2 unspecified atom stereocenters. The molecule has 2 aliphatic heterocycles. The van der Waals surface area contributed by atoms with Crippen LogP contribution in [0.3, 0.4) is 0 Å². The van der Waals surface area contributed by atoms with E-state index in [1.165, 1.54) is 11.6 Å². The molecular formula is C20H21F3N2O. The van der Waals surface area contributed by atoms with E-state index in [9.17, 15) is 18.3 Å². The Hall–Kier alpha value is -1.92. The molecule has 0 spiro atoms. The van der Waals surface area contributed by atoms with Gasteiger partial charge in [0.25, 0.3) is 0 Å². The quantitative estimate of drug-likeness (QED) is 0.893. The van der Waals surface area contributed by atoms with Crippen LogP contribution < -0.4 is 0 Å². The van der Waals surface area contributed by atoms with Crippen molar-refractivity contribution in [2.24, 2.45) is 0 Å². The molecule has 0 aliphatic carbocycles. The van der Waals surface area contributed by atoms with E-state index in [1.54, 1.807) is 0 Å². The first-order chi connectivity index (χ1) is 12.4. The van der Waals surface area contributed by atoms with Crippen LogP contribution in [0.1, 0.15) is 42.5 Å². The van der Waals surface area contributed by atoms with E-state index in [1.807, 2.05) is 18.2 Å². The van der Waals surface area contributed by atoms with Crippen LogP contribution in [0.5, 0.6) is 0 Å². The minimum atomic E-state index is -4.50. The number of hydrogen-bond acceptors (Lipinski definition) is 3. The highest BCUT2D eigenvalue weighted by molar-refractivity contribution is 5.27. The second-order valence-electron chi connectivity index (χ2n) is 7.41. The molecule has 26 heavy (non-hydrogen) atoms. The predicted octanol–water partition coefficient (Wildman–Crippen LogP) is 4.12. The first-order valence-corrected chi connectivity index (χ1v) is 8.91. The highest BCUT2D eigenvalue weighted by Gasteiger charge is 2.48. The Bertz CT molecular complexity index is 764. The van der Waals surface area contributed by atoms with Gasteiger partial charge in [-0.2, -0.15) is 13.2 Å². The number of hydrogen-bond donors (Lipinski definition) is 1. The first kappa shape index (κ1) is 17.5. The normalized spacial score (nSPS) is 29.1. The van der Waals surface area contributed by atoms with Gasteiger partial charge in [0, 0.05) is 24.8 Å². The monoisotopic (exact) mass is 362 g/mol. The van der Waals surface area contributed by atoms with Crippen LogP contribution in [-0.4, -0.2) is 27.1 Å². The molecule has 4 rings (SSSR count). The zero-order valence-electron chi connectivity index (χ0n) is 14.3. The minimum Gasteiger partial charge on any atom is -0.385 e. The summed E-state index contributed by atoms with van der Waals surface area (Å²) in [6.07, 6.45) is -0.503. The maximum atomic E-state index is 13.0. The van der Waals surface area contributed by atoms with Gasteiger partial charge in [0.2, 0.25) is 0 Å². The number of aliphatic hydroxyl groups is 1. The van der Waals surface area contributed by atoms with Crippen molar-refractivity contribution in [2.75, 3.05) is 0 Å². The van der Waals surface area contributed by atoms with E-state index in [-0.39, 0.29) is 12.1 Å². The lowest BCUT2D eigenvalue weighted by atomic mass is 9.80. The Morgan fingerprint density at radius 1 is 1.08 bits per heavy atom. The van der Waals surface area contributed by atoms with Crippen LogP contribution in [0.4, 0.5) is 13.2 Å². The van der Waals surface area contributed by atoms with Crippen molar-refractivity contribution >= 4 is 0 Å². The molecule has 6 heteroatoms. The van der Waals surface area contributed by atoms with Gasteiger partial charge in [-0.1, -0.05) is 30.3 Å². The summed E-state index contributed by atoms with van der Waals surface area (Å²) in [5.74, 6) is 0. The van der Waals surface area contributed by atoms with Crippen molar-refractivity contribution in [2.45, 2.75) is 56.1 Å². The summed E-state index contributed by atoms with van der Waals surface area (Å²) in [5, 5.41) is 11.2. The fourth-order valence-electron chi connectivity index (χ4n) is 4.48. The molecule has 3 heterocycles. The van der Waals surface area contributed by atoms with Crippen molar-refractivity contribution in [3.63, 3.8) is 0 Å². The van der Waals surface area contributed by atoms with Crippen LogP contribution in [0.15, 0.2) is 48.7 Å². The van der Waals surface area contributed by atoms with E-state index in [2.05, 4.69) is 22.0 Å². The highest BCUT2D eigenvalue weighted by atomic mass is 19.4. The second-order valence-corrected chi connectivity index (χ2v) is 7.41. The maximum absolute atomic E-state index is 13.0. The molecule has 0 saturated carbocycles. The summed E-state index contributed by atoms with van der Waals surface area (Å²) in [7, 11) is 0. The van der Waals surface area contributed by atoms with Crippen LogP contribution in [0.25, 0.3) is 0 Å². The topological polar surface area (TPSA) is 36.4 Å². The standard InChI is InChI=1S/C20H21F3N2O/c21-20(22,23)18-10-15(8-9-24-18)19(26)11-16-6-7-17(12-19)25(16)13-14-4-2-1-3-5-14/h1-5,8-10,16-17,26H,6-7,11-13H2. The Balaban J connectivity index is 1.56. The number of fused-ring (bicyclic) bond motifs is 2. The highest BCUT2D eigenvalue weighted by Crippen LogP contribution is 2.46. The van der Waals surface area contributed by atoms with Gasteiger partial charge in [-0.05, 0) is 48.9 Å². The van der Waals surface area contributed by atoms with Gasteiger partial charge in [-0.3, -0.25) is 9.88 Å². The largest absolute Gasteiger partial charge is 0.433 e. The van der Waals surface area contributed by atoms with E-state index in [0.29, 0.717) is 18.4 Å².